The number of aromatic hydroxyl groups is 1. The first kappa shape index (κ1) is 43.2. The highest BCUT2D eigenvalue weighted by atomic mass is 32.3. The summed E-state index contributed by atoms with van der Waals surface area (Å²) in [6.45, 7) is -0.245. The number of sulfone groups is 1. The maximum atomic E-state index is 12.9. The molecule has 0 fully saturated rings. The number of nitrogens with two attached hydrogens (primary N) is 1. The minimum absolute atomic E-state index is 0.0355. The molecule has 0 aliphatic carbocycles. The Morgan fingerprint density at radius 2 is 1.46 bits per heavy atom. The number of anilines is 1. The minimum atomic E-state index is -5.24. The van der Waals surface area contributed by atoms with Crippen LogP contribution >= 0.6 is 11.8 Å². The van der Waals surface area contributed by atoms with Gasteiger partial charge in [0.1, 0.15) is 38.3 Å². The van der Waals surface area contributed by atoms with Crippen LogP contribution in [0.5, 0.6) is 11.5 Å². The lowest BCUT2D eigenvalue weighted by molar-refractivity contribution is -0.135. The summed E-state index contributed by atoms with van der Waals surface area (Å²) in [6, 6.07) is 9.85. The second kappa shape index (κ2) is 17.1. The molecule has 0 bridgehead atoms. The summed E-state index contributed by atoms with van der Waals surface area (Å²) in [6.07, 6.45) is 1.75. The van der Waals surface area contributed by atoms with Crippen molar-refractivity contribution in [2.45, 2.75) is 19.6 Å². The highest BCUT2D eigenvalue weighted by molar-refractivity contribution is 8.04. The Bertz CT molecular complexity index is 2790. The van der Waals surface area contributed by atoms with Crippen molar-refractivity contribution in [1.29, 1.82) is 0 Å². The van der Waals surface area contributed by atoms with Gasteiger partial charge in [0.05, 0.1) is 35.3 Å². The lowest BCUT2D eigenvalue weighted by Gasteiger charge is -2.12. The van der Waals surface area contributed by atoms with Gasteiger partial charge >= 0.3 is 10.4 Å². The zero-order valence-electron chi connectivity index (χ0n) is 28.1. The molecule has 4 rings (SSSR count). The van der Waals surface area contributed by atoms with Crippen LogP contribution in [-0.2, 0) is 49.7 Å². The number of rotatable bonds is 15. The van der Waals surface area contributed by atoms with Gasteiger partial charge in [-0.1, -0.05) is 0 Å². The van der Waals surface area contributed by atoms with Gasteiger partial charge in [0, 0.05) is 28.0 Å². The molecule has 0 heterocycles. The van der Waals surface area contributed by atoms with Gasteiger partial charge in [0.2, 0.25) is 0 Å². The number of hydrogen-bond acceptors (Lipinski definition) is 20. The molecule has 0 saturated heterocycles. The average Bonchev–Trinajstić information content (AvgIpc) is 3.11. The van der Waals surface area contributed by atoms with E-state index in [1.54, 1.807) is 6.11 Å². The smallest absolute Gasteiger partial charge is 0.433 e. The topological polar surface area (TPSA) is 353 Å². The van der Waals surface area contributed by atoms with E-state index >= 15 is 0 Å². The normalized spacial score (nSPS) is 12.4. The molecule has 4 aromatic carbocycles. The molecular formula is C28H25N7O16S5. The summed E-state index contributed by atoms with van der Waals surface area (Å²) in [5.74, 6) is -1.45. The van der Waals surface area contributed by atoms with Gasteiger partial charge < -0.3 is 15.6 Å². The Morgan fingerprint density at radius 3 is 2.09 bits per heavy atom. The van der Waals surface area contributed by atoms with Gasteiger partial charge in [-0.25, -0.2) is 8.42 Å². The number of phenols is 1. The van der Waals surface area contributed by atoms with E-state index < -0.39 is 73.1 Å². The molecule has 0 spiro atoms. The highest BCUT2D eigenvalue weighted by Crippen LogP contribution is 2.46. The lowest BCUT2D eigenvalue weighted by Crippen LogP contribution is -2.21. The number of thioether (sulfide) groups is 1. The van der Waals surface area contributed by atoms with Crippen LogP contribution in [0.4, 0.5) is 28.4 Å². The number of fused-ring (bicyclic) bond motifs is 1. The third-order valence-electron chi connectivity index (χ3n) is 6.94. The summed E-state index contributed by atoms with van der Waals surface area (Å²) in [7, 11) is -16.7. The second-order valence-corrected chi connectivity index (χ2v) is 17.4. The second-order valence-electron chi connectivity index (χ2n) is 10.7. The molecule has 0 aromatic heterocycles. The standard InChI is InChI=1S/C28H25N7O16S5/c1-35(34-37)9-12-53(38,39)17-4-8-23(49-2)22(14-17)31-33-27-25(55(43,44)45)15-19-18(28(27)36)5-6-20(29)26(19)32-30-21-7-3-16(13-24(21)54(40,41)42)52-11-10-50-51-56(46,47)48/h3-8,13-15,36H,9,12,29H2,1-2H3,(H,40,41,42)(H,43,44,45)(H,46,47,48). The van der Waals surface area contributed by atoms with Crippen LogP contribution < -0.4 is 10.5 Å². The summed E-state index contributed by atoms with van der Waals surface area (Å²) in [5, 5.41) is 31.9. The Hall–Kier alpha value is -5.51. The molecule has 0 saturated carbocycles. The third kappa shape index (κ3) is 10.8. The molecule has 56 heavy (non-hydrogen) atoms. The predicted molar refractivity (Wildman–Crippen MR) is 195 cm³/mol. The van der Waals surface area contributed by atoms with E-state index in [-0.39, 0.29) is 49.9 Å². The highest BCUT2D eigenvalue weighted by Gasteiger charge is 2.25. The summed E-state index contributed by atoms with van der Waals surface area (Å²) >= 11 is 0.562. The number of hydrogen-bond donors (Lipinski definition) is 5. The average molecular weight is 876 g/mol. The van der Waals surface area contributed by atoms with E-state index in [0.717, 1.165) is 29.3 Å². The summed E-state index contributed by atoms with van der Waals surface area (Å²) < 4.78 is 134. The fourth-order valence-corrected chi connectivity index (χ4v) is 7.70. The van der Waals surface area contributed by atoms with Gasteiger partial charge in [-0.3, -0.25) is 23.6 Å². The van der Waals surface area contributed by atoms with Gasteiger partial charge in [-0.05, 0) is 70.7 Å². The van der Waals surface area contributed by atoms with Crippen molar-refractivity contribution in [1.82, 2.24) is 5.01 Å². The first-order valence-corrected chi connectivity index (χ1v) is 21.2. The third-order valence-corrected chi connectivity index (χ3v) is 11.3. The maximum absolute atomic E-state index is 12.9. The monoisotopic (exact) mass is 875 g/mol. The van der Waals surface area contributed by atoms with Crippen molar-refractivity contribution in [3.05, 3.63) is 59.5 Å². The summed E-state index contributed by atoms with van der Waals surface area (Å²) in [4.78, 5) is 12.5. The van der Waals surface area contributed by atoms with Crippen LogP contribution in [0.15, 0.2) is 99.9 Å². The number of azo groups is 2. The van der Waals surface area contributed by atoms with Gasteiger partial charge in [-0.2, -0.15) is 25.3 Å². The first-order chi connectivity index (χ1) is 26.1. The molecule has 4 aromatic rings. The van der Waals surface area contributed by atoms with Crippen LogP contribution in [0.2, 0.25) is 0 Å². The first-order valence-electron chi connectivity index (χ1n) is 14.5. The Labute approximate surface area is 321 Å². The van der Waals surface area contributed by atoms with Crippen LogP contribution in [-0.4, -0.2) is 83.9 Å². The van der Waals surface area contributed by atoms with E-state index in [4.69, 9.17) is 15.0 Å². The zero-order valence-corrected chi connectivity index (χ0v) is 32.2. The molecular weight excluding hydrogens is 851 g/mol. The number of ether oxygens (including phenoxy) is 1. The Morgan fingerprint density at radius 1 is 0.804 bits per heavy atom. The van der Waals surface area contributed by atoms with Crippen molar-refractivity contribution in [2.75, 3.05) is 32.2 Å². The van der Waals surface area contributed by atoms with Gasteiger partial charge in [0.25, 0.3) is 20.2 Å². The molecule has 0 aliphatic heterocycles. The van der Waals surface area contributed by atoms with E-state index in [1.807, 2.05) is 0 Å². The van der Waals surface area contributed by atoms with Crippen molar-refractivity contribution in [3.63, 3.8) is 0 Å². The van der Waals surface area contributed by atoms with E-state index in [1.165, 1.54) is 44.5 Å². The van der Waals surface area contributed by atoms with Gasteiger partial charge in [-0.15, -0.1) is 25.4 Å². The van der Waals surface area contributed by atoms with E-state index in [9.17, 15) is 52.8 Å². The number of nitroso groups, excluding NO2 is 1. The molecule has 23 nitrogen and oxygen atoms in total. The van der Waals surface area contributed by atoms with Crippen LogP contribution in [0.25, 0.3) is 10.8 Å². The zero-order chi connectivity index (χ0) is 41.6. The predicted octanol–water partition coefficient (Wildman–Crippen LogP) is 4.61. The van der Waals surface area contributed by atoms with Gasteiger partial charge in [0.15, 0.2) is 21.7 Å². The molecule has 298 valence electrons. The molecule has 0 aliphatic rings. The van der Waals surface area contributed by atoms with Crippen molar-refractivity contribution < 1.29 is 66.4 Å². The number of benzene rings is 4. The van der Waals surface area contributed by atoms with Crippen LogP contribution in [0.1, 0.15) is 0 Å². The number of nitrogens with zero attached hydrogens (tertiary/aromatic N) is 6. The maximum Gasteiger partial charge on any atom is 0.433 e. The molecule has 0 amide bonds. The van der Waals surface area contributed by atoms with Crippen LogP contribution in [0, 0.1) is 16.3 Å². The van der Waals surface area contributed by atoms with E-state index in [2.05, 4.69) is 40.2 Å². The number of nitrogen functional groups attached to an aromatic ring is 1. The largest absolute Gasteiger partial charge is 0.505 e. The Kier molecular flexibility index (Phi) is 13.2. The Balaban J connectivity index is 1.80. The quantitative estimate of drug-likeness (QED) is 0.0159. The molecule has 0 unspecified atom stereocenters. The number of methoxy groups -OCH3 is 1. The SMILES string of the molecule is COc1ccc(S(=O)(=O)CCN(C)N=O)cc1N=Nc1c(S(=O)(=O)O)cc2c(N=Nc3ccc(SC#COOS(=O)(=O)O)cc3S(=O)(=O)O)c(N)ccc2c1O. The molecule has 0 radical (unpaired) electrons. The lowest BCUT2D eigenvalue weighted by atomic mass is 10.1. The van der Waals surface area contributed by atoms with Crippen molar-refractivity contribution in [3.8, 4) is 22.9 Å². The fourth-order valence-electron chi connectivity index (χ4n) is 4.39. The molecule has 0 atom stereocenters. The van der Waals surface area contributed by atoms with Crippen molar-refractivity contribution >= 4 is 91.4 Å². The van der Waals surface area contributed by atoms with Crippen molar-refractivity contribution in [2.24, 2.45) is 25.7 Å². The minimum Gasteiger partial charge on any atom is -0.505 e. The molecule has 6 N–H and O–H groups in total. The fraction of sp³-hybridized carbons (Fsp3) is 0.143. The van der Waals surface area contributed by atoms with Crippen LogP contribution in [0.3, 0.4) is 0 Å². The number of phenolic OH excluding ortho intramolecular Hbond substituents is 1. The summed E-state index contributed by atoms with van der Waals surface area (Å²) in [5.41, 5.74) is 3.96. The van der Waals surface area contributed by atoms with E-state index in [0.29, 0.717) is 11.8 Å². The molecule has 28 heteroatoms.